The molecule has 0 saturated carbocycles. The molecule has 0 aromatic heterocycles. The van der Waals surface area contributed by atoms with Crippen molar-refractivity contribution < 1.29 is 17.9 Å². The van der Waals surface area contributed by atoms with Crippen molar-refractivity contribution in [2.24, 2.45) is 0 Å². The van der Waals surface area contributed by atoms with E-state index in [1.54, 1.807) is 0 Å². The highest BCUT2D eigenvalue weighted by molar-refractivity contribution is 5.68. The van der Waals surface area contributed by atoms with Gasteiger partial charge in [-0.15, -0.1) is 0 Å². The fraction of sp³-hybridized carbons (Fsp3) is 0.300. The minimum atomic E-state index is -1.15. The molecule has 2 aliphatic rings. The van der Waals surface area contributed by atoms with Crippen LogP contribution in [0, 0.1) is 17.5 Å². The zero-order valence-corrected chi connectivity index (χ0v) is 13.6. The maximum atomic E-state index is 14.2. The molecule has 2 aliphatic heterocycles. The highest BCUT2D eigenvalue weighted by Crippen LogP contribution is 2.35. The fourth-order valence-electron chi connectivity index (χ4n) is 3.69. The van der Waals surface area contributed by atoms with Gasteiger partial charge in [0.15, 0.2) is 11.6 Å². The van der Waals surface area contributed by atoms with E-state index in [0.717, 1.165) is 12.6 Å². The third-order valence-corrected chi connectivity index (χ3v) is 4.89. The standard InChI is InChI=1S/C20H18F3NO/c21-15-8-18(20(23)19(22)9-15)14-6-16-11-25-12-17(7-14)24(16)10-13-4-2-1-3-5-13/h1-6,8-9,16-17H,7,10-12H2. The Morgan fingerprint density at radius 2 is 1.84 bits per heavy atom. The number of hydrogen-bond donors (Lipinski definition) is 0. The second kappa shape index (κ2) is 6.65. The lowest BCUT2D eigenvalue weighted by atomic mass is 9.89. The van der Waals surface area contributed by atoms with E-state index in [1.807, 2.05) is 24.3 Å². The van der Waals surface area contributed by atoms with Crippen LogP contribution in [0.3, 0.4) is 0 Å². The van der Waals surface area contributed by atoms with Gasteiger partial charge in [-0.1, -0.05) is 36.4 Å². The average Bonchev–Trinajstić information content (AvgIpc) is 2.59. The Bertz CT molecular complexity index is 806. The molecule has 2 nitrogen and oxygen atoms in total. The van der Waals surface area contributed by atoms with Crippen LogP contribution in [0.15, 0.2) is 48.5 Å². The number of halogens is 3. The highest BCUT2D eigenvalue weighted by atomic mass is 19.2. The molecule has 2 unspecified atom stereocenters. The summed E-state index contributed by atoms with van der Waals surface area (Å²) in [6, 6.07) is 11.8. The van der Waals surface area contributed by atoms with Crippen molar-refractivity contribution in [2.45, 2.75) is 25.0 Å². The third kappa shape index (κ3) is 3.22. The Hall–Kier alpha value is -2.11. The second-order valence-electron chi connectivity index (χ2n) is 6.56. The summed E-state index contributed by atoms with van der Waals surface area (Å²) in [7, 11) is 0. The Balaban J connectivity index is 1.66. The molecular formula is C20H18F3NO. The van der Waals surface area contributed by atoms with Crippen LogP contribution in [0.1, 0.15) is 17.5 Å². The SMILES string of the molecule is Fc1cc(F)c(F)c(C2=CC3COCC(C2)N3Cc2ccccc2)c1. The zero-order valence-electron chi connectivity index (χ0n) is 13.6. The maximum absolute atomic E-state index is 14.2. The van der Waals surface area contributed by atoms with Crippen molar-refractivity contribution >= 4 is 5.57 Å². The lowest BCUT2D eigenvalue weighted by molar-refractivity contribution is -0.0403. The van der Waals surface area contributed by atoms with Crippen LogP contribution in [0.25, 0.3) is 5.57 Å². The van der Waals surface area contributed by atoms with E-state index in [1.165, 1.54) is 5.56 Å². The molecule has 5 heteroatoms. The molecular weight excluding hydrogens is 327 g/mol. The fourth-order valence-corrected chi connectivity index (χ4v) is 3.69. The van der Waals surface area contributed by atoms with Crippen molar-refractivity contribution in [3.63, 3.8) is 0 Å². The molecule has 4 rings (SSSR count). The van der Waals surface area contributed by atoms with Gasteiger partial charge in [-0.25, -0.2) is 13.2 Å². The topological polar surface area (TPSA) is 12.5 Å². The molecule has 0 spiro atoms. The molecule has 25 heavy (non-hydrogen) atoms. The van der Waals surface area contributed by atoms with Gasteiger partial charge in [-0.05, 0) is 23.6 Å². The van der Waals surface area contributed by atoms with Gasteiger partial charge in [0.25, 0.3) is 0 Å². The van der Waals surface area contributed by atoms with Crippen molar-refractivity contribution in [3.8, 4) is 0 Å². The maximum Gasteiger partial charge on any atom is 0.166 e. The van der Waals surface area contributed by atoms with Gasteiger partial charge in [-0.2, -0.15) is 0 Å². The summed E-state index contributed by atoms with van der Waals surface area (Å²) in [5.74, 6) is -2.89. The second-order valence-corrected chi connectivity index (χ2v) is 6.56. The number of benzene rings is 2. The van der Waals surface area contributed by atoms with E-state index in [9.17, 15) is 13.2 Å². The summed E-state index contributed by atoms with van der Waals surface area (Å²) < 4.78 is 46.9. The smallest absolute Gasteiger partial charge is 0.166 e. The predicted octanol–water partition coefficient (Wildman–Crippen LogP) is 4.16. The number of hydrogen-bond acceptors (Lipinski definition) is 2. The van der Waals surface area contributed by atoms with Crippen molar-refractivity contribution in [3.05, 3.63) is 77.1 Å². The van der Waals surface area contributed by atoms with E-state index < -0.39 is 17.5 Å². The van der Waals surface area contributed by atoms with Crippen LogP contribution in [-0.4, -0.2) is 30.2 Å². The summed E-state index contributed by atoms with van der Waals surface area (Å²) in [6.45, 7) is 1.79. The van der Waals surface area contributed by atoms with E-state index in [0.29, 0.717) is 31.3 Å². The first-order valence-electron chi connectivity index (χ1n) is 8.35. The van der Waals surface area contributed by atoms with Crippen LogP contribution < -0.4 is 0 Å². The monoisotopic (exact) mass is 345 g/mol. The molecule has 2 bridgehead atoms. The Morgan fingerprint density at radius 3 is 2.60 bits per heavy atom. The first kappa shape index (κ1) is 16.4. The van der Waals surface area contributed by atoms with Crippen LogP contribution >= 0.6 is 0 Å². The number of nitrogens with zero attached hydrogens (tertiary/aromatic N) is 1. The zero-order chi connectivity index (χ0) is 17.4. The lowest BCUT2D eigenvalue weighted by Crippen LogP contribution is -2.53. The average molecular weight is 345 g/mol. The Labute approximate surface area is 144 Å². The summed E-state index contributed by atoms with van der Waals surface area (Å²) in [5, 5.41) is 0. The van der Waals surface area contributed by atoms with E-state index in [2.05, 4.69) is 17.0 Å². The number of rotatable bonds is 3. The molecule has 2 aromatic carbocycles. The van der Waals surface area contributed by atoms with Gasteiger partial charge in [0, 0.05) is 24.2 Å². The highest BCUT2D eigenvalue weighted by Gasteiger charge is 2.35. The molecule has 2 atom stereocenters. The molecule has 0 amide bonds. The molecule has 130 valence electrons. The van der Waals surface area contributed by atoms with E-state index in [-0.39, 0.29) is 17.6 Å². The molecule has 2 heterocycles. The summed E-state index contributed by atoms with van der Waals surface area (Å²) in [4.78, 5) is 2.32. The van der Waals surface area contributed by atoms with Gasteiger partial charge in [0.1, 0.15) is 5.82 Å². The Morgan fingerprint density at radius 1 is 1.04 bits per heavy atom. The van der Waals surface area contributed by atoms with Crippen molar-refractivity contribution in [1.82, 2.24) is 4.90 Å². The predicted molar refractivity (Wildman–Crippen MR) is 89.3 cm³/mol. The molecule has 0 aliphatic carbocycles. The first-order valence-corrected chi connectivity index (χ1v) is 8.35. The normalized spacial score (nSPS) is 23.4. The van der Waals surface area contributed by atoms with Gasteiger partial charge < -0.3 is 4.74 Å². The Kier molecular flexibility index (Phi) is 4.36. The summed E-state index contributed by atoms with van der Waals surface area (Å²) in [5.41, 5.74) is 1.87. The molecule has 1 fully saturated rings. The molecule has 0 N–H and O–H groups in total. The quantitative estimate of drug-likeness (QED) is 0.775. The number of ether oxygens (including phenoxy) is 1. The van der Waals surface area contributed by atoms with Gasteiger partial charge >= 0.3 is 0 Å². The van der Waals surface area contributed by atoms with Gasteiger partial charge in [-0.3, -0.25) is 4.90 Å². The van der Waals surface area contributed by atoms with Gasteiger partial charge in [0.05, 0.1) is 19.3 Å². The van der Waals surface area contributed by atoms with Crippen LogP contribution in [0.5, 0.6) is 0 Å². The largest absolute Gasteiger partial charge is 0.378 e. The van der Waals surface area contributed by atoms with E-state index >= 15 is 0 Å². The number of fused-ring (bicyclic) bond motifs is 2. The van der Waals surface area contributed by atoms with Crippen molar-refractivity contribution in [1.29, 1.82) is 0 Å². The van der Waals surface area contributed by atoms with Crippen LogP contribution in [-0.2, 0) is 11.3 Å². The first-order chi connectivity index (χ1) is 12.1. The minimum absolute atomic E-state index is 0.0220. The lowest BCUT2D eigenvalue weighted by Gasteiger charge is -2.44. The molecule has 2 aromatic rings. The van der Waals surface area contributed by atoms with E-state index in [4.69, 9.17) is 4.74 Å². The number of morpholine rings is 1. The summed E-state index contributed by atoms with van der Waals surface area (Å²) >= 11 is 0. The van der Waals surface area contributed by atoms with Crippen LogP contribution in [0.2, 0.25) is 0 Å². The van der Waals surface area contributed by atoms with Crippen molar-refractivity contribution in [2.75, 3.05) is 13.2 Å². The third-order valence-electron chi connectivity index (χ3n) is 4.89. The van der Waals surface area contributed by atoms with Gasteiger partial charge in [0.2, 0.25) is 0 Å². The summed E-state index contributed by atoms with van der Waals surface area (Å²) in [6.07, 6.45) is 2.39. The van der Waals surface area contributed by atoms with Crippen LogP contribution in [0.4, 0.5) is 13.2 Å². The molecule has 1 saturated heterocycles. The molecule has 0 radical (unpaired) electrons. The minimum Gasteiger partial charge on any atom is -0.378 e.